The normalized spacial score (nSPS) is 10.8. The molecule has 0 aliphatic rings. The number of anilines is 1. The van der Waals surface area contributed by atoms with Crippen LogP contribution in [0.4, 0.5) is 5.82 Å². The van der Waals surface area contributed by atoms with Gasteiger partial charge in [0.2, 0.25) is 0 Å². The minimum Gasteiger partial charge on any atom is -0.372 e. The highest BCUT2D eigenvalue weighted by molar-refractivity contribution is 7.71. The molecule has 1 rings (SSSR count). The fraction of sp³-hybridized carbons (Fsp3) is 0.692. The van der Waals surface area contributed by atoms with E-state index in [0.717, 1.165) is 18.2 Å². The van der Waals surface area contributed by atoms with E-state index in [1.54, 1.807) is 0 Å². The van der Waals surface area contributed by atoms with Crippen LogP contribution < -0.4 is 5.32 Å². The number of hydrogen-bond acceptors (Lipinski definition) is 3. The van der Waals surface area contributed by atoms with Gasteiger partial charge in [0.25, 0.3) is 0 Å². The lowest BCUT2D eigenvalue weighted by molar-refractivity contribution is 0.683. The summed E-state index contributed by atoms with van der Waals surface area (Å²) in [6.07, 6.45) is 5.07. The van der Waals surface area contributed by atoms with Crippen LogP contribution in [0.5, 0.6) is 0 Å². The number of nitrogens with zero attached hydrogens (tertiary/aromatic N) is 1. The zero-order valence-corrected chi connectivity index (χ0v) is 11.9. The Kier molecular flexibility index (Phi) is 6.19. The number of aromatic amines is 1. The van der Waals surface area contributed by atoms with Crippen molar-refractivity contribution >= 4 is 18.0 Å². The molecule has 96 valence electrons. The van der Waals surface area contributed by atoms with Gasteiger partial charge < -0.3 is 10.3 Å². The van der Waals surface area contributed by atoms with E-state index in [1.807, 2.05) is 6.07 Å². The number of aromatic nitrogens is 2. The Morgan fingerprint density at radius 3 is 2.76 bits per heavy atom. The summed E-state index contributed by atoms with van der Waals surface area (Å²) in [5, 5.41) is 3.38. The Balaban J connectivity index is 2.50. The van der Waals surface area contributed by atoms with E-state index in [0.29, 0.717) is 10.6 Å². The predicted molar refractivity (Wildman–Crippen MR) is 76.1 cm³/mol. The van der Waals surface area contributed by atoms with Gasteiger partial charge in [-0.25, -0.2) is 4.98 Å². The van der Waals surface area contributed by atoms with Gasteiger partial charge in [-0.3, -0.25) is 0 Å². The summed E-state index contributed by atoms with van der Waals surface area (Å²) in [5.41, 5.74) is 0. The van der Waals surface area contributed by atoms with Crippen molar-refractivity contribution in [3.8, 4) is 0 Å². The summed E-state index contributed by atoms with van der Waals surface area (Å²) < 4.78 is 0.656. The van der Waals surface area contributed by atoms with E-state index in [-0.39, 0.29) is 0 Å². The zero-order valence-electron chi connectivity index (χ0n) is 11.0. The molecule has 0 radical (unpaired) electrons. The molecule has 0 saturated carbocycles. The first-order chi connectivity index (χ1) is 8.13. The Morgan fingerprint density at radius 2 is 2.12 bits per heavy atom. The summed E-state index contributed by atoms with van der Waals surface area (Å²) in [7, 11) is 0. The van der Waals surface area contributed by atoms with E-state index < -0.39 is 0 Å². The third-order valence-electron chi connectivity index (χ3n) is 2.65. The van der Waals surface area contributed by atoms with E-state index in [1.165, 1.54) is 25.7 Å². The maximum atomic E-state index is 5.16. The van der Waals surface area contributed by atoms with Crippen LogP contribution in [0.1, 0.15) is 58.2 Å². The molecule has 0 spiro atoms. The van der Waals surface area contributed by atoms with Gasteiger partial charge >= 0.3 is 0 Å². The molecular weight excluding hydrogens is 230 g/mol. The maximum absolute atomic E-state index is 5.16. The molecule has 1 aromatic heterocycles. The number of H-pyrrole nitrogens is 1. The van der Waals surface area contributed by atoms with E-state index in [4.69, 9.17) is 12.2 Å². The first-order valence-electron chi connectivity index (χ1n) is 6.48. The predicted octanol–water partition coefficient (Wildman–Crippen LogP) is 4.25. The third-order valence-corrected chi connectivity index (χ3v) is 2.86. The summed E-state index contributed by atoms with van der Waals surface area (Å²) in [4.78, 5) is 7.60. The van der Waals surface area contributed by atoms with Crippen molar-refractivity contribution in [2.45, 2.75) is 52.4 Å². The van der Waals surface area contributed by atoms with Crippen LogP contribution >= 0.6 is 12.2 Å². The van der Waals surface area contributed by atoms with Crippen molar-refractivity contribution < 1.29 is 0 Å². The smallest absolute Gasteiger partial charge is 0.131 e. The van der Waals surface area contributed by atoms with Crippen LogP contribution in [0.2, 0.25) is 0 Å². The molecule has 17 heavy (non-hydrogen) atoms. The summed E-state index contributed by atoms with van der Waals surface area (Å²) in [6.45, 7) is 7.44. The van der Waals surface area contributed by atoms with Crippen molar-refractivity contribution in [2.75, 3.05) is 11.9 Å². The Hall–Kier alpha value is -0.900. The van der Waals surface area contributed by atoms with E-state index >= 15 is 0 Å². The SMILES string of the molecule is CCCCCCNc1cc(=S)nc(C(C)C)[nH]1. The van der Waals surface area contributed by atoms with Crippen molar-refractivity contribution in [3.63, 3.8) is 0 Å². The molecule has 0 aromatic carbocycles. The molecule has 1 heterocycles. The zero-order chi connectivity index (χ0) is 12.7. The molecule has 0 aliphatic heterocycles. The Morgan fingerprint density at radius 1 is 1.35 bits per heavy atom. The molecule has 0 amide bonds. The highest BCUT2D eigenvalue weighted by Crippen LogP contribution is 2.12. The van der Waals surface area contributed by atoms with Gasteiger partial charge in [0.05, 0.1) is 0 Å². The summed E-state index contributed by atoms with van der Waals surface area (Å²) in [5.74, 6) is 2.32. The summed E-state index contributed by atoms with van der Waals surface area (Å²) in [6, 6.07) is 1.89. The largest absolute Gasteiger partial charge is 0.372 e. The second kappa shape index (κ2) is 7.43. The molecule has 0 saturated heterocycles. The molecule has 0 atom stereocenters. The van der Waals surface area contributed by atoms with Crippen molar-refractivity contribution in [1.82, 2.24) is 9.97 Å². The quantitative estimate of drug-likeness (QED) is 0.563. The maximum Gasteiger partial charge on any atom is 0.131 e. The molecule has 0 bridgehead atoms. The third kappa shape index (κ3) is 5.31. The molecule has 0 aliphatic carbocycles. The first kappa shape index (κ1) is 14.2. The average Bonchev–Trinajstić information content (AvgIpc) is 2.28. The van der Waals surface area contributed by atoms with Gasteiger partial charge in [-0.15, -0.1) is 0 Å². The topological polar surface area (TPSA) is 40.7 Å². The van der Waals surface area contributed by atoms with Gasteiger partial charge in [-0.2, -0.15) is 0 Å². The molecule has 0 unspecified atom stereocenters. The first-order valence-corrected chi connectivity index (χ1v) is 6.89. The number of unbranched alkanes of at least 4 members (excludes halogenated alkanes) is 3. The number of nitrogens with one attached hydrogen (secondary N) is 2. The van der Waals surface area contributed by atoms with Crippen molar-refractivity contribution in [2.24, 2.45) is 0 Å². The lowest BCUT2D eigenvalue weighted by Crippen LogP contribution is -2.06. The van der Waals surface area contributed by atoms with Crippen molar-refractivity contribution in [1.29, 1.82) is 0 Å². The minimum atomic E-state index is 0.374. The van der Waals surface area contributed by atoms with Gasteiger partial charge in [0.1, 0.15) is 16.3 Å². The summed E-state index contributed by atoms with van der Waals surface area (Å²) >= 11 is 5.16. The van der Waals surface area contributed by atoms with Gasteiger partial charge in [-0.05, 0) is 6.42 Å². The lowest BCUT2D eigenvalue weighted by atomic mass is 10.2. The lowest BCUT2D eigenvalue weighted by Gasteiger charge is -2.10. The molecule has 2 N–H and O–H groups in total. The van der Waals surface area contributed by atoms with E-state index in [2.05, 4.69) is 36.1 Å². The minimum absolute atomic E-state index is 0.374. The molecule has 3 nitrogen and oxygen atoms in total. The molecular formula is C13H23N3S. The fourth-order valence-corrected chi connectivity index (χ4v) is 1.84. The Bertz CT molecular complexity index is 384. The second-order valence-electron chi connectivity index (χ2n) is 4.66. The van der Waals surface area contributed by atoms with Crippen LogP contribution in [0.3, 0.4) is 0 Å². The van der Waals surface area contributed by atoms with Gasteiger partial charge in [-0.1, -0.05) is 52.3 Å². The Labute approximate surface area is 109 Å². The van der Waals surface area contributed by atoms with Gasteiger partial charge in [0, 0.05) is 18.5 Å². The second-order valence-corrected chi connectivity index (χ2v) is 5.08. The fourth-order valence-electron chi connectivity index (χ4n) is 1.62. The van der Waals surface area contributed by atoms with Crippen LogP contribution in [-0.2, 0) is 0 Å². The highest BCUT2D eigenvalue weighted by Gasteiger charge is 2.02. The number of rotatable bonds is 7. The monoisotopic (exact) mass is 253 g/mol. The van der Waals surface area contributed by atoms with Crippen LogP contribution in [0, 0.1) is 4.64 Å². The average molecular weight is 253 g/mol. The van der Waals surface area contributed by atoms with E-state index in [9.17, 15) is 0 Å². The molecule has 4 heteroatoms. The van der Waals surface area contributed by atoms with Crippen LogP contribution in [0.15, 0.2) is 6.07 Å². The van der Waals surface area contributed by atoms with Gasteiger partial charge in [0.15, 0.2) is 0 Å². The number of hydrogen-bond donors (Lipinski definition) is 2. The van der Waals surface area contributed by atoms with Crippen LogP contribution in [0.25, 0.3) is 0 Å². The van der Waals surface area contributed by atoms with Crippen LogP contribution in [-0.4, -0.2) is 16.5 Å². The molecule has 1 aromatic rings. The standard InChI is InChI=1S/C13H23N3S/c1-4-5-6-7-8-14-11-9-12(17)16-13(15-11)10(2)3/h9-10H,4-8H2,1-3H3,(H2,14,15,16,17). The molecule has 0 fully saturated rings. The van der Waals surface area contributed by atoms with Crippen molar-refractivity contribution in [3.05, 3.63) is 16.5 Å². The highest BCUT2D eigenvalue weighted by atomic mass is 32.1.